The number of thiazole rings is 1. The summed E-state index contributed by atoms with van der Waals surface area (Å²) in [6.07, 6.45) is 0.163. The molecule has 3 unspecified atom stereocenters. The summed E-state index contributed by atoms with van der Waals surface area (Å²) >= 11 is 1.56. The number of benzene rings is 2. The second kappa shape index (κ2) is 18.1. The Hall–Kier alpha value is -4.40. The number of aliphatic hydroxyl groups is 1. The first-order valence-corrected chi connectivity index (χ1v) is 18.9. The third-order valence-electron chi connectivity index (χ3n) is 9.38. The molecule has 5 atom stereocenters. The van der Waals surface area contributed by atoms with Crippen molar-refractivity contribution in [2.45, 2.75) is 110 Å². The van der Waals surface area contributed by atoms with E-state index in [1.807, 2.05) is 58.9 Å². The molecular weight excluding hydrogens is 700 g/mol. The van der Waals surface area contributed by atoms with Crippen LogP contribution in [0.1, 0.15) is 88.2 Å². The maximum atomic E-state index is 15.3. The van der Waals surface area contributed by atoms with Gasteiger partial charge in [0.15, 0.2) is 11.6 Å². The van der Waals surface area contributed by atoms with Gasteiger partial charge >= 0.3 is 0 Å². The Morgan fingerprint density at radius 1 is 1.11 bits per heavy atom. The van der Waals surface area contributed by atoms with E-state index < -0.39 is 53.2 Å². The molecule has 1 fully saturated rings. The van der Waals surface area contributed by atoms with Gasteiger partial charge in [0.25, 0.3) is 0 Å². The van der Waals surface area contributed by atoms with Crippen LogP contribution in [0.5, 0.6) is 5.75 Å². The number of primary amides is 1. The standard InChI is InChI=1S/C39H53FN6O6S/c1-22-16-27(34(40)31(17-22)52-20-28(41)14-15-32(42)48)8-7-9-33(49)45-36(39(4,5)6)38(51)46-19-29(47)18-30(46)37(50)44-23(2)25-10-12-26(13-11-25)35-24(3)43-21-53-35/h10-13,16-17,21,23,28-30,36,47H,7-9,14-15,18-20,41H2,1-6H3,(H2,42,48)(H,44,50)(H,45,49)/t23?,28?,29-,30+,36?/m1/s1. The van der Waals surface area contributed by atoms with Gasteiger partial charge in [-0.1, -0.05) is 51.1 Å². The number of aromatic nitrogens is 1. The zero-order valence-electron chi connectivity index (χ0n) is 31.4. The molecular formula is C39H53FN6O6S. The highest BCUT2D eigenvalue weighted by atomic mass is 32.1. The van der Waals surface area contributed by atoms with Crippen LogP contribution >= 0.6 is 11.3 Å². The van der Waals surface area contributed by atoms with Gasteiger partial charge in [-0.05, 0) is 73.8 Å². The number of rotatable bonds is 16. The van der Waals surface area contributed by atoms with Crippen LogP contribution < -0.4 is 26.8 Å². The lowest BCUT2D eigenvalue weighted by atomic mass is 9.85. The Bertz CT molecular complexity index is 1760. The fourth-order valence-corrected chi connectivity index (χ4v) is 7.20. The third-order valence-corrected chi connectivity index (χ3v) is 10.4. The molecule has 14 heteroatoms. The Morgan fingerprint density at radius 3 is 2.43 bits per heavy atom. The number of aryl methyl sites for hydroxylation is 3. The van der Waals surface area contributed by atoms with Gasteiger partial charge < -0.3 is 36.8 Å². The average molecular weight is 753 g/mol. The quantitative estimate of drug-likeness (QED) is 0.144. The molecule has 1 aliphatic heterocycles. The van der Waals surface area contributed by atoms with Crippen molar-refractivity contribution in [2.75, 3.05) is 13.2 Å². The molecule has 7 N–H and O–H groups in total. The van der Waals surface area contributed by atoms with E-state index in [1.54, 1.807) is 35.9 Å². The van der Waals surface area contributed by atoms with E-state index in [0.29, 0.717) is 18.4 Å². The zero-order chi connectivity index (χ0) is 39.0. The van der Waals surface area contributed by atoms with Crippen LogP contribution in [0.2, 0.25) is 0 Å². The molecule has 0 saturated carbocycles. The largest absolute Gasteiger partial charge is 0.489 e. The van der Waals surface area contributed by atoms with Gasteiger partial charge in [-0.3, -0.25) is 19.2 Å². The second-order valence-electron chi connectivity index (χ2n) is 15.0. The first kappa shape index (κ1) is 41.4. The van der Waals surface area contributed by atoms with E-state index >= 15 is 4.39 Å². The molecule has 0 bridgehead atoms. The van der Waals surface area contributed by atoms with E-state index in [9.17, 15) is 24.3 Å². The van der Waals surface area contributed by atoms with E-state index in [0.717, 1.165) is 27.3 Å². The number of hydrogen-bond donors (Lipinski definition) is 5. The van der Waals surface area contributed by atoms with Crippen LogP contribution in [0.3, 0.4) is 0 Å². The van der Waals surface area contributed by atoms with Crippen molar-refractivity contribution in [3.63, 3.8) is 0 Å². The van der Waals surface area contributed by atoms with Gasteiger partial charge in [-0.25, -0.2) is 9.37 Å². The molecule has 1 aliphatic rings. The summed E-state index contributed by atoms with van der Waals surface area (Å²) in [5, 5.41) is 16.5. The molecule has 4 rings (SSSR count). The number of β-amino-alcohol motifs (C(OH)–C–C–N with tert-alkyl or cyclic N) is 1. The minimum absolute atomic E-state index is 0.00935. The highest BCUT2D eigenvalue weighted by Crippen LogP contribution is 2.30. The van der Waals surface area contributed by atoms with Crippen molar-refractivity contribution >= 4 is 35.0 Å². The van der Waals surface area contributed by atoms with Gasteiger partial charge in [0.1, 0.15) is 18.7 Å². The number of likely N-dealkylation sites (tertiary alicyclic amines) is 1. The average Bonchev–Trinajstić information content (AvgIpc) is 3.71. The molecule has 0 radical (unpaired) electrons. The van der Waals surface area contributed by atoms with Crippen LogP contribution in [0.25, 0.3) is 10.4 Å². The normalized spacial score (nSPS) is 17.6. The highest BCUT2D eigenvalue weighted by Gasteiger charge is 2.44. The number of hydrogen-bond acceptors (Lipinski definition) is 9. The van der Waals surface area contributed by atoms with Gasteiger partial charge in [0.2, 0.25) is 23.6 Å². The summed E-state index contributed by atoms with van der Waals surface area (Å²) < 4.78 is 21.0. The molecule has 3 aromatic rings. The number of ether oxygens (including phenoxy) is 1. The smallest absolute Gasteiger partial charge is 0.246 e. The molecule has 2 aromatic carbocycles. The summed E-state index contributed by atoms with van der Waals surface area (Å²) in [6, 6.07) is 8.38. The molecule has 12 nitrogen and oxygen atoms in total. The Morgan fingerprint density at radius 2 is 1.81 bits per heavy atom. The van der Waals surface area contributed by atoms with Crippen LogP contribution in [-0.2, 0) is 25.6 Å². The molecule has 2 heterocycles. The van der Waals surface area contributed by atoms with Gasteiger partial charge in [0.05, 0.1) is 28.2 Å². The van der Waals surface area contributed by atoms with Crippen molar-refractivity contribution in [3.05, 3.63) is 70.1 Å². The minimum Gasteiger partial charge on any atom is -0.489 e. The molecule has 0 aliphatic carbocycles. The van der Waals surface area contributed by atoms with Crippen molar-refractivity contribution in [2.24, 2.45) is 16.9 Å². The predicted molar refractivity (Wildman–Crippen MR) is 202 cm³/mol. The van der Waals surface area contributed by atoms with E-state index in [1.165, 1.54) is 4.90 Å². The zero-order valence-corrected chi connectivity index (χ0v) is 32.2. The number of nitrogens with one attached hydrogen (secondary N) is 2. The van der Waals surface area contributed by atoms with Crippen molar-refractivity contribution in [1.29, 1.82) is 0 Å². The lowest BCUT2D eigenvalue weighted by Crippen LogP contribution is -2.57. The fraction of sp³-hybridized carbons (Fsp3) is 0.513. The van der Waals surface area contributed by atoms with E-state index in [-0.39, 0.29) is 56.5 Å². The van der Waals surface area contributed by atoms with Crippen molar-refractivity contribution in [1.82, 2.24) is 20.5 Å². The summed E-state index contributed by atoms with van der Waals surface area (Å²) in [7, 11) is 0. The van der Waals surface area contributed by atoms with E-state index in [2.05, 4.69) is 15.6 Å². The third kappa shape index (κ3) is 11.3. The first-order valence-electron chi connectivity index (χ1n) is 18.0. The van der Waals surface area contributed by atoms with Gasteiger partial charge in [0, 0.05) is 31.8 Å². The van der Waals surface area contributed by atoms with Crippen LogP contribution in [0.4, 0.5) is 4.39 Å². The van der Waals surface area contributed by atoms with Crippen molar-refractivity contribution < 1.29 is 33.4 Å². The highest BCUT2D eigenvalue weighted by molar-refractivity contribution is 7.13. The Kier molecular flexibility index (Phi) is 14.1. The maximum Gasteiger partial charge on any atom is 0.246 e. The molecule has 53 heavy (non-hydrogen) atoms. The Balaban J connectivity index is 1.35. The molecule has 1 saturated heterocycles. The number of nitrogens with two attached hydrogens (primary N) is 2. The maximum absolute atomic E-state index is 15.3. The molecule has 288 valence electrons. The summed E-state index contributed by atoms with van der Waals surface area (Å²) in [5.41, 5.74) is 16.2. The summed E-state index contributed by atoms with van der Waals surface area (Å²) in [5.74, 6) is -2.22. The van der Waals surface area contributed by atoms with E-state index in [4.69, 9.17) is 16.2 Å². The topological polar surface area (TPSA) is 190 Å². The molecule has 4 amide bonds. The molecule has 0 spiro atoms. The predicted octanol–water partition coefficient (Wildman–Crippen LogP) is 4.23. The minimum atomic E-state index is -0.981. The summed E-state index contributed by atoms with van der Waals surface area (Å²) in [4.78, 5) is 58.7. The number of aliphatic hydroxyl groups excluding tert-OH is 1. The number of carbonyl (C=O) groups is 4. The van der Waals surface area contributed by atoms with Gasteiger partial charge in [-0.2, -0.15) is 0 Å². The number of amides is 4. The van der Waals surface area contributed by atoms with Gasteiger partial charge in [-0.15, -0.1) is 11.3 Å². The van der Waals surface area contributed by atoms with Crippen LogP contribution in [-0.4, -0.2) is 76.0 Å². The fourth-order valence-electron chi connectivity index (χ4n) is 6.39. The summed E-state index contributed by atoms with van der Waals surface area (Å²) in [6.45, 7) is 11.1. The Labute approximate surface area is 314 Å². The van der Waals surface area contributed by atoms with Crippen LogP contribution in [0, 0.1) is 25.1 Å². The lowest BCUT2D eigenvalue weighted by molar-refractivity contribution is -0.144. The SMILES string of the molecule is Cc1cc(CCCC(=O)NC(C(=O)N2C[C@H](O)C[C@H]2C(=O)NC(C)c2ccc(-c3scnc3C)cc2)C(C)(C)C)c(F)c(OCC(N)CCC(N)=O)c1. The second-order valence-corrected chi connectivity index (χ2v) is 15.9. The van der Waals surface area contributed by atoms with Crippen LogP contribution in [0.15, 0.2) is 41.9 Å². The number of nitrogens with zero attached hydrogens (tertiary/aromatic N) is 2. The number of halogens is 1. The monoisotopic (exact) mass is 752 g/mol. The molecule has 1 aromatic heterocycles. The first-order chi connectivity index (χ1) is 24.9. The van der Waals surface area contributed by atoms with Crippen molar-refractivity contribution in [3.8, 4) is 16.2 Å². The number of carbonyl (C=O) groups excluding carboxylic acids is 4. The lowest BCUT2D eigenvalue weighted by Gasteiger charge is -2.35.